The van der Waals surface area contributed by atoms with Crippen molar-refractivity contribution in [1.82, 2.24) is 4.58 Å². The van der Waals surface area contributed by atoms with E-state index in [4.69, 9.17) is 0 Å². The molecule has 0 bridgehead atoms. The van der Waals surface area contributed by atoms with E-state index in [0.717, 1.165) is 19.3 Å². The quantitative estimate of drug-likeness (QED) is 0.269. The van der Waals surface area contributed by atoms with Gasteiger partial charge in [-0.25, -0.2) is 0 Å². The number of fused-ring (bicyclic) bond motifs is 3. The highest BCUT2D eigenvalue weighted by molar-refractivity contribution is 8.05. The largest absolute Gasteiger partial charge is 0.219 e. The molecule has 1 nitrogen and oxygen atoms in total. The molecule has 0 N–H and O–H groups in total. The third kappa shape index (κ3) is 6.35. The Morgan fingerprint density at radius 2 is 1.00 bits per heavy atom. The molecular formula is C40H42NS2+. The normalized spacial score (nSPS) is 19.9. The van der Waals surface area contributed by atoms with Crippen LogP contribution in [0.2, 0.25) is 0 Å². The molecule has 4 aliphatic rings. The Hall–Kier alpha value is -3.27. The first-order valence-electron chi connectivity index (χ1n) is 15.4. The van der Waals surface area contributed by atoms with Gasteiger partial charge in [-0.3, -0.25) is 0 Å². The molecule has 2 aromatic carbocycles. The predicted octanol–water partition coefficient (Wildman–Crippen LogP) is 12.0. The van der Waals surface area contributed by atoms with E-state index in [1.54, 1.807) is 23.5 Å². The summed E-state index contributed by atoms with van der Waals surface area (Å²) in [5, 5.41) is 8.62. The van der Waals surface area contributed by atoms with E-state index in [1.807, 2.05) is 0 Å². The second kappa shape index (κ2) is 12.0. The zero-order valence-electron chi connectivity index (χ0n) is 26.3. The molecule has 1 aliphatic carbocycles. The van der Waals surface area contributed by atoms with Crippen LogP contribution >= 0.6 is 23.5 Å². The third-order valence-electron chi connectivity index (χ3n) is 8.53. The first kappa shape index (κ1) is 29.8. The van der Waals surface area contributed by atoms with Crippen molar-refractivity contribution in [2.24, 2.45) is 0 Å². The Labute approximate surface area is 267 Å². The number of benzene rings is 2. The summed E-state index contributed by atoms with van der Waals surface area (Å²) in [6, 6.07) is 14.3. The van der Waals surface area contributed by atoms with E-state index in [1.165, 1.54) is 61.6 Å². The van der Waals surface area contributed by atoms with E-state index >= 15 is 0 Å². The van der Waals surface area contributed by atoms with Gasteiger partial charge < -0.3 is 0 Å². The van der Waals surface area contributed by atoms with Crippen LogP contribution in [0.4, 0.5) is 11.4 Å². The zero-order chi connectivity index (χ0) is 30.2. The summed E-state index contributed by atoms with van der Waals surface area (Å²) in [7, 11) is 0. The molecule has 0 radical (unpaired) electrons. The highest BCUT2D eigenvalue weighted by Crippen LogP contribution is 2.49. The number of allylic oxidation sites excluding steroid dienone is 12. The average Bonchev–Trinajstić information content (AvgIpc) is 3.32. The summed E-state index contributed by atoms with van der Waals surface area (Å²) in [6.45, 7) is 13.9. The summed E-state index contributed by atoms with van der Waals surface area (Å²) in [6.07, 6.45) is 21.4. The number of hydrogen-bond acceptors (Lipinski definition) is 2. The molecule has 0 atom stereocenters. The molecule has 0 saturated heterocycles. The fraction of sp³-hybridized carbons (Fsp3) is 0.275. The van der Waals surface area contributed by atoms with Crippen LogP contribution in [0, 0.1) is 0 Å². The van der Waals surface area contributed by atoms with Gasteiger partial charge >= 0.3 is 0 Å². The molecule has 0 aromatic heterocycles. The van der Waals surface area contributed by atoms with Gasteiger partial charge in [-0.05, 0) is 110 Å². The lowest BCUT2D eigenvalue weighted by Gasteiger charge is -2.20. The topological polar surface area (TPSA) is 3.01 Å². The summed E-state index contributed by atoms with van der Waals surface area (Å²) < 4.78 is 2.57. The SMILES string of the molecule is CC(C)(C)c1ccc2c(c1)-c1cc(C(C)(C)C)ccc1[N+]2=C1/C(=C/C=C2C=CSC=C2)CCC/C1=C\C=C1C=CSC=C1. The number of thioether (sulfide) groups is 2. The smallest absolute Gasteiger partial charge is 0.152 e. The van der Waals surface area contributed by atoms with Crippen LogP contribution < -0.4 is 4.58 Å². The van der Waals surface area contributed by atoms with Crippen LogP contribution in [0.3, 0.4) is 0 Å². The molecule has 0 amide bonds. The molecule has 3 heterocycles. The van der Waals surface area contributed by atoms with Gasteiger partial charge in [-0.15, -0.1) is 23.5 Å². The molecule has 218 valence electrons. The van der Waals surface area contributed by atoms with Crippen molar-refractivity contribution in [2.45, 2.75) is 71.6 Å². The minimum atomic E-state index is 0.0787. The van der Waals surface area contributed by atoms with Crippen LogP contribution in [-0.4, -0.2) is 5.71 Å². The van der Waals surface area contributed by atoms with Crippen LogP contribution in [0.25, 0.3) is 11.1 Å². The van der Waals surface area contributed by atoms with E-state index in [9.17, 15) is 0 Å². The highest BCUT2D eigenvalue weighted by atomic mass is 32.2. The Kier molecular flexibility index (Phi) is 8.33. The Morgan fingerprint density at radius 3 is 1.40 bits per heavy atom. The Morgan fingerprint density at radius 1 is 0.581 bits per heavy atom. The first-order valence-corrected chi connectivity index (χ1v) is 17.2. The van der Waals surface area contributed by atoms with Gasteiger partial charge in [-0.1, -0.05) is 78.0 Å². The average molecular weight is 601 g/mol. The minimum Gasteiger partial charge on any atom is -0.152 e. The molecule has 6 rings (SSSR count). The molecular weight excluding hydrogens is 559 g/mol. The number of hydrogen-bond donors (Lipinski definition) is 0. The lowest BCUT2D eigenvalue weighted by molar-refractivity contribution is 0.589. The van der Waals surface area contributed by atoms with Gasteiger partial charge in [-0.2, -0.15) is 4.58 Å². The van der Waals surface area contributed by atoms with E-state index in [0.29, 0.717) is 0 Å². The maximum atomic E-state index is 2.57. The van der Waals surface area contributed by atoms with Crippen LogP contribution in [0.1, 0.15) is 71.9 Å². The molecule has 0 unspecified atom stereocenters. The second-order valence-electron chi connectivity index (χ2n) is 13.7. The van der Waals surface area contributed by atoms with Crippen molar-refractivity contribution in [2.75, 3.05) is 0 Å². The van der Waals surface area contributed by atoms with Crippen molar-refractivity contribution in [3.8, 4) is 11.1 Å². The van der Waals surface area contributed by atoms with Crippen LogP contribution in [-0.2, 0) is 10.8 Å². The molecule has 1 saturated carbocycles. The lowest BCUT2D eigenvalue weighted by Crippen LogP contribution is -2.24. The number of rotatable bonds is 2. The predicted molar refractivity (Wildman–Crippen MR) is 194 cm³/mol. The van der Waals surface area contributed by atoms with Crippen molar-refractivity contribution in [3.05, 3.63) is 140 Å². The standard InChI is InChI=1S/C40H42NS2/c1-39(2,3)32-14-16-36-34(26-32)35-27-33(40(4,5)6)15-17-37(35)41(36)38-30(12-10-28-18-22-42-23-19-28)8-7-9-31(38)13-11-29-20-24-43-25-21-29/h10-27H,7-9H2,1-6H3/q+1/b30-12+,31-13+. The maximum Gasteiger partial charge on any atom is 0.219 e. The van der Waals surface area contributed by atoms with Gasteiger partial charge in [0, 0.05) is 23.3 Å². The monoisotopic (exact) mass is 600 g/mol. The molecule has 3 heteroatoms. The van der Waals surface area contributed by atoms with E-state index in [-0.39, 0.29) is 10.8 Å². The van der Waals surface area contributed by atoms with Gasteiger partial charge in [0.15, 0.2) is 0 Å². The van der Waals surface area contributed by atoms with Gasteiger partial charge in [0.1, 0.15) is 0 Å². The van der Waals surface area contributed by atoms with Crippen molar-refractivity contribution in [1.29, 1.82) is 0 Å². The molecule has 0 spiro atoms. The van der Waals surface area contributed by atoms with Gasteiger partial charge in [0.05, 0.1) is 11.1 Å². The Balaban J connectivity index is 1.63. The molecule has 3 aliphatic heterocycles. The second-order valence-corrected chi connectivity index (χ2v) is 15.3. The molecule has 1 fully saturated rings. The maximum absolute atomic E-state index is 2.57. The molecule has 2 aromatic rings. The van der Waals surface area contributed by atoms with E-state index < -0.39 is 0 Å². The third-order valence-corrected chi connectivity index (χ3v) is 9.70. The zero-order valence-corrected chi connectivity index (χ0v) is 27.9. The first-order chi connectivity index (χ1) is 20.6. The minimum absolute atomic E-state index is 0.0787. The van der Waals surface area contributed by atoms with Crippen molar-refractivity contribution >= 4 is 40.6 Å². The Bertz CT molecular complexity index is 1580. The van der Waals surface area contributed by atoms with Crippen LogP contribution in [0.5, 0.6) is 0 Å². The van der Waals surface area contributed by atoms with E-state index in [2.05, 4.69) is 153 Å². The fourth-order valence-corrected chi connectivity index (χ4v) is 7.13. The number of nitrogens with zero attached hydrogens (tertiary/aromatic N) is 1. The van der Waals surface area contributed by atoms with Crippen LogP contribution in [0.15, 0.2) is 129 Å². The summed E-state index contributed by atoms with van der Waals surface area (Å²) in [5.41, 5.74) is 14.8. The molecule has 43 heavy (non-hydrogen) atoms. The highest BCUT2D eigenvalue weighted by Gasteiger charge is 2.39. The summed E-state index contributed by atoms with van der Waals surface area (Å²) >= 11 is 3.45. The summed E-state index contributed by atoms with van der Waals surface area (Å²) in [5.74, 6) is 0. The van der Waals surface area contributed by atoms with Gasteiger partial charge in [0.25, 0.3) is 0 Å². The van der Waals surface area contributed by atoms with Gasteiger partial charge in [0.2, 0.25) is 17.1 Å². The summed E-state index contributed by atoms with van der Waals surface area (Å²) in [4.78, 5) is 0. The fourth-order valence-electron chi connectivity index (χ4n) is 6.01. The van der Waals surface area contributed by atoms with Crippen molar-refractivity contribution < 1.29 is 0 Å². The lowest BCUT2D eigenvalue weighted by atomic mass is 9.83. The van der Waals surface area contributed by atoms with Crippen molar-refractivity contribution in [3.63, 3.8) is 0 Å².